The monoisotopic (exact) mass is 227 g/mol. The van der Waals surface area contributed by atoms with Gasteiger partial charge < -0.3 is 10.4 Å². The lowest BCUT2D eigenvalue weighted by Crippen LogP contribution is -2.36. The molecule has 1 saturated carbocycles. The van der Waals surface area contributed by atoms with Crippen molar-refractivity contribution in [2.24, 2.45) is 5.92 Å². The van der Waals surface area contributed by atoms with E-state index in [2.05, 4.69) is 5.32 Å². The highest BCUT2D eigenvalue weighted by atomic mass is 19.1. The van der Waals surface area contributed by atoms with Crippen molar-refractivity contribution in [2.45, 2.75) is 25.5 Å². The number of nitrogens with one attached hydrogen (secondary N) is 1. The van der Waals surface area contributed by atoms with Crippen LogP contribution in [0.4, 0.5) is 8.78 Å². The fourth-order valence-electron chi connectivity index (χ4n) is 1.96. The first-order chi connectivity index (χ1) is 7.65. The van der Waals surface area contributed by atoms with Crippen LogP contribution in [-0.4, -0.2) is 17.8 Å². The predicted octanol–water partition coefficient (Wildman–Crippen LogP) is 1.83. The van der Waals surface area contributed by atoms with E-state index in [0.717, 1.165) is 31.5 Å². The minimum absolute atomic E-state index is 0.169. The molecule has 0 heterocycles. The van der Waals surface area contributed by atoms with Crippen LogP contribution >= 0.6 is 0 Å². The van der Waals surface area contributed by atoms with Gasteiger partial charge >= 0.3 is 0 Å². The van der Waals surface area contributed by atoms with Crippen molar-refractivity contribution in [3.63, 3.8) is 0 Å². The molecule has 2 N–H and O–H groups in total. The van der Waals surface area contributed by atoms with Gasteiger partial charge in [0, 0.05) is 12.1 Å². The van der Waals surface area contributed by atoms with Crippen LogP contribution in [0.1, 0.15) is 18.4 Å². The fraction of sp³-hybridized carbons (Fsp3) is 0.500. The van der Waals surface area contributed by atoms with Gasteiger partial charge in [0.2, 0.25) is 0 Å². The Morgan fingerprint density at radius 2 is 2.06 bits per heavy atom. The van der Waals surface area contributed by atoms with Crippen LogP contribution in [0.15, 0.2) is 18.2 Å². The molecule has 0 amide bonds. The minimum Gasteiger partial charge on any atom is -0.393 e. The molecule has 1 aromatic carbocycles. The summed E-state index contributed by atoms with van der Waals surface area (Å²) in [5.41, 5.74) is 0.347. The number of benzene rings is 1. The summed E-state index contributed by atoms with van der Waals surface area (Å²) in [6, 6.07) is 3.46. The van der Waals surface area contributed by atoms with Crippen molar-refractivity contribution in [1.29, 1.82) is 0 Å². The number of hydrogen-bond acceptors (Lipinski definition) is 2. The van der Waals surface area contributed by atoms with Crippen molar-refractivity contribution in [1.82, 2.24) is 5.32 Å². The third-order valence-electron chi connectivity index (χ3n) is 2.97. The maximum Gasteiger partial charge on any atom is 0.127 e. The van der Waals surface area contributed by atoms with Crippen LogP contribution < -0.4 is 5.32 Å². The SMILES string of the molecule is OC1CC(CNCc2cc(F)ccc2F)C1. The quantitative estimate of drug-likeness (QED) is 0.822. The highest BCUT2D eigenvalue weighted by Crippen LogP contribution is 2.26. The Labute approximate surface area is 93.3 Å². The molecule has 2 rings (SSSR count). The highest BCUT2D eigenvalue weighted by molar-refractivity contribution is 5.18. The molecule has 0 aromatic heterocycles. The molecule has 0 radical (unpaired) electrons. The summed E-state index contributed by atoms with van der Waals surface area (Å²) in [5.74, 6) is -0.341. The molecule has 0 aliphatic heterocycles. The van der Waals surface area contributed by atoms with E-state index in [9.17, 15) is 8.78 Å². The maximum absolute atomic E-state index is 13.2. The molecule has 0 saturated heterocycles. The normalized spacial score (nSPS) is 24.2. The van der Waals surface area contributed by atoms with Crippen molar-refractivity contribution in [3.8, 4) is 0 Å². The number of halogens is 2. The molecule has 1 aliphatic rings. The van der Waals surface area contributed by atoms with Gasteiger partial charge in [-0.05, 0) is 43.5 Å². The molecule has 0 spiro atoms. The average Bonchev–Trinajstić information content (AvgIpc) is 2.20. The van der Waals surface area contributed by atoms with Crippen LogP contribution in [0.2, 0.25) is 0 Å². The standard InChI is InChI=1S/C12H15F2NO/c13-10-1-2-12(14)9(5-10)7-15-6-8-3-11(16)4-8/h1-2,5,8,11,15-16H,3-4,6-7H2. The molecule has 1 aromatic rings. The Morgan fingerprint density at radius 3 is 2.75 bits per heavy atom. The van der Waals surface area contributed by atoms with E-state index >= 15 is 0 Å². The second-order valence-electron chi connectivity index (χ2n) is 4.36. The van der Waals surface area contributed by atoms with Gasteiger partial charge in [-0.1, -0.05) is 0 Å². The molecule has 0 bridgehead atoms. The molecule has 0 unspecified atom stereocenters. The van der Waals surface area contributed by atoms with Crippen molar-refractivity contribution >= 4 is 0 Å². The largest absolute Gasteiger partial charge is 0.393 e. The van der Waals surface area contributed by atoms with E-state index in [1.54, 1.807) is 0 Å². The molecule has 16 heavy (non-hydrogen) atoms. The maximum atomic E-state index is 13.2. The summed E-state index contributed by atoms with van der Waals surface area (Å²) in [6.45, 7) is 1.07. The molecular weight excluding hydrogens is 212 g/mol. The van der Waals surface area contributed by atoms with E-state index in [4.69, 9.17) is 5.11 Å². The third kappa shape index (κ3) is 2.77. The fourth-order valence-corrected chi connectivity index (χ4v) is 1.96. The van der Waals surface area contributed by atoms with Crippen molar-refractivity contribution < 1.29 is 13.9 Å². The van der Waals surface area contributed by atoms with Crippen LogP contribution in [-0.2, 0) is 6.54 Å². The zero-order valence-electron chi connectivity index (χ0n) is 8.92. The average molecular weight is 227 g/mol. The van der Waals surface area contributed by atoms with Gasteiger partial charge in [-0.15, -0.1) is 0 Å². The molecule has 1 aliphatic carbocycles. The topological polar surface area (TPSA) is 32.3 Å². The Morgan fingerprint density at radius 1 is 1.31 bits per heavy atom. The Balaban J connectivity index is 1.78. The zero-order chi connectivity index (χ0) is 11.5. The van der Waals surface area contributed by atoms with E-state index in [1.165, 1.54) is 6.07 Å². The van der Waals surface area contributed by atoms with E-state index in [-0.39, 0.29) is 11.9 Å². The summed E-state index contributed by atoms with van der Waals surface area (Å²) in [7, 11) is 0. The van der Waals surface area contributed by atoms with Crippen LogP contribution in [0.25, 0.3) is 0 Å². The molecule has 1 fully saturated rings. The summed E-state index contributed by atoms with van der Waals surface area (Å²) < 4.78 is 26.0. The zero-order valence-corrected chi connectivity index (χ0v) is 8.92. The number of aliphatic hydroxyl groups excluding tert-OH is 1. The Kier molecular flexibility index (Phi) is 3.51. The summed E-state index contributed by atoms with van der Waals surface area (Å²) in [5, 5.41) is 12.2. The first-order valence-corrected chi connectivity index (χ1v) is 5.48. The number of hydrogen-bond donors (Lipinski definition) is 2. The lowest BCUT2D eigenvalue weighted by atomic mass is 9.82. The molecule has 2 nitrogen and oxygen atoms in total. The second kappa shape index (κ2) is 4.89. The Hall–Kier alpha value is -1.00. The Bertz CT molecular complexity index is 364. The van der Waals surface area contributed by atoms with Gasteiger partial charge in [0.1, 0.15) is 11.6 Å². The first-order valence-electron chi connectivity index (χ1n) is 5.48. The summed E-state index contributed by atoms with van der Waals surface area (Å²) >= 11 is 0. The van der Waals surface area contributed by atoms with Gasteiger partial charge in [0.25, 0.3) is 0 Å². The smallest absolute Gasteiger partial charge is 0.127 e. The molecular formula is C12H15F2NO. The van der Waals surface area contributed by atoms with Gasteiger partial charge in [-0.25, -0.2) is 8.78 Å². The third-order valence-corrected chi connectivity index (χ3v) is 2.97. The van der Waals surface area contributed by atoms with E-state index in [0.29, 0.717) is 18.0 Å². The van der Waals surface area contributed by atoms with E-state index in [1.807, 2.05) is 0 Å². The van der Waals surface area contributed by atoms with Gasteiger partial charge in [-0.2, -0.15) is 0 Å². The van der Waals surface area contributed by atoms with Crippen LogP contribution in [0, 0.1) is 17.6 Å². The number of rotatable bonds is 4. The van der Waals surface area contributed by atoms with E-state index < -0.39 is 5.82 Å². The van der Waals surface area contributed by atoms with Gasteiger partial charge in [0.05, 0.1) is 6.10 Å². The van der Waals surface area contributed by atoms with Crippen molar-refractivity contribution in [3.05, 3.63) is 35.4 Å². The highest BCUT2D eigenvalue weighted by Gasteiger charge is 2.26. The molecule has 88 valence electrons. The molecule has 0 atom stereocenters. The lowest BCUT2D eigenvalue weighted by Gasteiger charge is -2.31. The van der Waals surface area contributed by atoms with Crippen LogP contribution in [0.3, 0.4) is 0 Å². The summed E-state index contributed by atoms with van der Waals surface area (Å²) in [4.78, 5) is 0. The van der Waals surface area contributed by atoms with Gasteiger partial charge in [0.15, 0.2) is 0 Å². The first kappa shape index (κ1) is 11.5. The predicted molar refractivity (Wildman–Crippen MR) is 56.8 cm³/mol. The number of aliphatic hydroxyl groups is 1. The summed E-state index contributed by atoms with van der Waals surface area (Å²) in [6.07, 6.45) is 1.44. The van der Waals surface area contributed by atoms with Crippen LogP contribution in [0.5, 0.6) is 0 Å². The van der Waals surface area contributed by atoms with Gasteiger partial charge in [-0.3, -0.25) is 0 Å². The lowest BCUT2D eigenvalue weighted by molar-refractivity contribution is 0.0429. The van der Waals surface area contributed by atoms with Crippen molar-refractivity contribution in [2.75, 3.05) is 6.54 Å². The molecule has 4 heteroatoms. The second-order valence-corrected chi connectivity index (χ2v) is 4.36. The minimum atomic E-state index is -0.419.